The van der Waals surface area contributed by atoms with Gasteiger partial charge in [0.15, 0.2) is 5.13 Å². The van der Waals surface area contributed by atoms with Gasteiger partial charge in [-0.2, -0.15) is 0 Å². The molecule has 0 saturated carbocycles. The minimum atomic E-state index is -0.375. The molecule has 0 spiro atoms. The highest BCUT2D eigenvalue weighted by molar-refractivity contribution is 7.20. The van der Waals surface area contributed by atoms with Gasteiger partial charge < -0.3 is 10.6 Å². The van der Waals surface area contributed by atoms with E-state index in [0.29, 0.717) is 40.4 Å². The molecule has 170 valence electrons. The Balaban J connectivity index is 1.20. The first-order chi connectivity index (χ1) is 16.0. The molecule has 0 aliphatic carbocycles. The fourth-order valence-corrected chi connectivity index (χ4v) is 5.41. The number of carbonyl (C=O) groups excluding carboxylic acids is 2. The van der Waals surface area contributed by atoms with Gasteiger partial charge in [0.05, 0.1) is 20.6 Å². The molecule has 0 atom stereocenters. The zero-order valence-electron chi connectivity index (χ0n) is 16.9. The molecule has 0 radical (unpaired) electrons. The Morgan fingerprint density at radius 3 is 2.64 bits per heavy atom. The summed E-state index contributed by atoms with van der Waals surface area (Å²) in [6, 6.07) is 8.74. The minimum absolute atomic E-state index is 0.218. The van der Waals surface area contributed by atoms with Crippen molar-refractivity contribution in [3.8, 4) is 9.88 Å². The van der Waals surface area contributed by atoms with Crippen molar-refractivity contribution in [2.75, 3.05) is 11.9 Å². The van der Waals surface area contributed by atoms with E-state index < -0.39 is 0 Å². The van der Waals surface area contributed by atoms with E-state index in [1.165, 1.54) is 22.7 Å². The number of aromatic nitrogens is 2. The third-order valence-corrected chi connectivity index (χ3v) is 7.77. The van der Waals surface area contributed by atoms with Gasteiger partial charge in [-0.3, -0.25) is 10.1 Å². The molecule has 0 aliphatic heterocycles. The molecular weight excluding hydrogens is 521 g/mol. The lowest BCUT2D eigenvalue weighted by Crippen LogP contribution is -2.28. The highest BCUT2D eigenvalue weighted by atomic mass is 35.5. The van der Waals surface area contributed by atoms with E-state index in [2.05, 4.69) is 25.9 Å². The van der Waals surface area contributed by atoms with E-state index in [1.807, 2.05) is 22.9 Å². The number of amides is 3. The van der Waals surface area contributed by atoms with Gasteiger partial charge in [0.1, 0.15) is 10.7 Å². The molecule has 0 bridgehead atoms. The van der Waals surface area contributed by atoms with Crippen molar-refractivity contribution in [1.29, 1.82) is 0 Å². The Bertz CT molecular complexity index is 1260. The number of nitrogens with one attached hydrogen (secondary N) is 3. The van der Waals surface area contributed by atoms with E-state index in [4.69, 9.17) is 23.2 Å². The van der Waals surface area contributed by atoms with Crippen molar-refractivity contribution < 1.29 is 9.59 Å². The standard InChI is InChI=1S/C21H17Cl2N5O2S3/c22-14-4-3-12(8-15(14)23)9-25-20(30)28-21-26-13(10-33-21)5-6-24-18(29)16-11-32-19(27-16)17-2-1-7-31-17/h1-4,7-8,10-11H,5-6,9H2,(H,24,29)(H2,25,26,28,30). The zero-order chi connectivity index (χ0) is 23.2. The van der Waals surface area contributed by atoms with Crippen LogP contribution in [0.2, 0.25) is 10.0 Å². The molecule has 3 heterocycles. The van der Waals surface area contributed by atoms with Gasteiger partial charge in [0.25, 0.3) is 5.91 Å². The lowest BCUT2D eigenvalue weighted by Gasteiger charge is -2.06. The largest absolute Gasteiger partial charge is 0.350 e. The number of carbonyl (C=O) groups is 2. The normalized spacial score (nSPS) is 10.7. The maximum atomic E-state index is 12.3. The van der Waals surface area contributed by atoms with Gasteiger partial charge in [-0.25, -0.2) is 14.8 Å². The quantitative estimate of drug-likeness (QED) is 0.259. The van der Waals surface area contributed by atoms with Crippen molar-refractivity contribution in [2.45, 2.75) is 13.0 Å². The van der Waals surface area contributed by atoms with Crippen LogP contribution in [-0.2, 0) is 13.0 Å². The summed E-state index contributed by atoms with van der Waals surface area (Å²) in [4.78, 5) is 34.3. The predicted molar refractivity (Wildman–Crippen MR) is 136 cm³/mol. The van der Waals surface area contributed by atoms with Crippen LogP contribution in [0.15, 0.2) is 46.5 Å². The average Bonchev–Trinajstić information content (AvgIpc) is 3.56. The number of urea groups is 1. The molecule has 0 aliphatic rings. The SMILES string of the molecule is O=C(NCc1ccc(Cl)c(Cl)c1)Nc1nc(CCNC(=O)c2csc(-c3cccs3)n2)cs1. The number of anilines is 1. The second-order valence-corrected chi connectivity index (χ2v) is 10.2. The maximum absolute atomic E-state index is 12.3. The molecule has 4 rings (SSSR count). The molecule has 3 N–H and O–H groups in total. The maximum Gasteiger partial charge on any atom is 0.321 e. The average molecular weight is 539 g/mol. The van der Waals surface area contributed by atoms with Gasteiger partial charge in [0, 0.05) is 30.3 Å². The third-order valence-electron chi connectivity index (χ3n) is 4.34. The molecule has 0 saturated heterocycles. The molecule has 7 nitrogen and oxygen atoms in total. The molecule has 3 amide bonds. The van der Waals surface area contributed by atoms with Crippen molar-refractivity contribution in [1.82, 2.24) is 20.6 Å². The number of hydrogen-bond donors (Lipinski definition) is 3. The third kappa shape index (κ3) is 6.52. The first-order valence-electron chi connectivity index (χ1n) is 9.69. The fourth-order valence-electron chi connectivity index (χ4n) is 2.74. The van der Waals surface area contributed by atoms with Crippen LogP contribution < -0.4 is 16.0 Å². The number of hydrogen-bond acceptors (Lipinski definition) is 7. The highest BCUT2D eigenvalue weighted by Gasteiger charge is 2.13. The topological polar surface area (TPSA) is 96.0 Å². The van der Waals surface area contributed by atoms with Crippen LogP contribution in [0.5, 0.6) is 0 Å². The van der Waals surface area contributed by atoms with Crippen molar-refractivity contribution in [2.24, 2.45) is 0 Å². The summed E-state index contributed by atoms with van der Waals surface area (Å²) in [5.41, 5.74) is 2.01. The first kappa shape index (κ1) is 23.7. The van der Waals surface area contributed by atoms with Crippen molar-refractivity contribution >= 4 is 74.3 Å². The van der Waals surface area contributed by atoms with Gasteiger partial charge in [-0.05, 0) is 29.1 Å². The van der Waals surface area contributed by atoms with Gasteiger partial charge in [0.2, 0.25) is 0 Å². The molecule has 3 aromatic heterocycles. The second kappa shape index (κ2) is 11.1. The number of halogens is 2. The summed E-state index contributed by atoms with van der Waals surface area (Å²) in [6.07, 6.45) is 0.538. The Kier molecular flexibility index (Phi) is 7.94. The van der Waals surface area contributed by atoms with E-state index >= 15 is 0 Å². The summed E-state index contributed by atoms with van der Waals surface area (Å²) in [7, 11) is 0. The monoisotopic (exact) mass is 537 g/mol. The lowest BCUT2D eigenvalue weighted by molar-refractivity contribution is 0.0950. The van der Waals surface area contributed by atoms with Crippen LogP contribution in [0.1, 0.15) is 21.7 Å². The Morgan fingerprint density at radius 2 is 1.85 bits per heavy atom. The minimum Gasteiger partial charge on any atom is -0.350 e. The summed E-state index contributed by atoms with van der Waals surface area (Å²) in [6.45, 7) is 0.717. The lowest BCUT2D eigenvalue weighted by atomic mass is 10.2. The van der Waals surface area contributed by atoms with Crippen molar-refractivity contribution in [3.63, 3.8) is 0 Å². The number of thiazole rings is 2. The first-order valence-corrected chi connectivity index (χ1v) is 13.1. The smallest absolute Gasteiger partial charge is 0.321 e. The van der Waals surface area contributed by atoms with Gasteiger partial charge in [-0.1, -0.05) is 35.3 Å². The van der Waals surface area contributed by atoms with Crippen LogP contribution in [-0.4, -0.2) is 28.5 Å². The summed E-state index contributed by atoms with van der Waals surface area (Å²) in [5.74, 6) is -0.218. The summed E-state index contributed by atoms with van der Waals surface area (Å²) in [5, 5.41) is 16.1. The predicted octanol–water partition coefficient (Wildman–Crippen LogP) is 5.93. The van der Waals surface area contributed by atoms with Gasteiger partial charge >= 0.3 is 6.03 Å². The number of nitrogens with zero attached hydrogens (tertiary/aromatic N) is 2. The second-order valence-electron chi connectivity index (χ2n) is 6.72. The van der Waals surface area contributed by atoms with E-state index in [1.54, 1.807) is 34.9 Å². The number of thiophene rings is 1. The van der Waals surface area contributed by atoms with Crippen LogP contribution in [0.3, 0.4) is 0 Å². The summed E-state index contributed by atoms with van der Waals surface area (Å²) < 4.78 is 0. The molecule has 4 aromatic rings. The van der Waals surface area contributed by atoms with E-state index in [0.717, 1.165) is 21.1 Å². The number of rotatable bonds is 8. The highest BCUT2D eigenvalue weighted by Crippen LogP contribution is 2.27. The molecule has 0 unspecified atom stereocenters. The molecule has 1 aromatic carbocycles. The summed E-state index contributed by atoms with van der Waals surface area (Å²) >= 11 is 16.2. The van der Waals surface area contributed by atoms with Crippen LogP contribution in [0, 0.1) is 0 Å². The van der Waals surface area contributed by atoms with Crippen molar-refractivity contribution in [3.05, 3.63) is 73.5 Å². The molecular formula is C21H17Cl2N5O2S3. The van der Waals surface area contributed by atoms with E-state index in [-0.39, 0.29) is 11.9 Å². The van der Waals surface area contributed by atoms with Crippen LogP contribution in [0.25, 0.3) is 9.88 Å². The molecule has 33 heavy (non-hydrogen) atoms. The van der Waals surface area contributed by atoms with Crippen LogP contribution in [0.4, 0.5) is 9.93 Å². The van der Waals surface area contributed by atoms with Gasteiger partial charge in [-0.15, -0.1) is 34.0 Å². The number of benzene rings is 1. The fraction of sp³-hybridized carbons (Fsp3) is 0.143. The molecule has 12 heteroatoms. The zero-order valence-corrected chi connectivity index (χ0v) is 20.9. The Labute approximate surface area is 211 Å². The van der Waals surface area contributed by atoms with Crippen LogP contribution >= 0.6 is 57.2 Å². The van der Waals surface area contributed by atoms with E-state index in [9.17, 15) is 9.59 Å². The Morgan fingerprint density at radius 1 is 0.970 bits per heavy atom. The molecule has 0 fully saturated rings. The Hall–Kier alpha value is -2.50.